The smallest absolute Gasteiger partial charge is 0.326 e. The maximum atomic E-state index is 11.5. The molecule has 2 aromatic carbocycles. The van der Waals surface area contributed by atoms with Crippen molar-refractivity contribution in [3.8, 4) is 0 Å². The molecule has 0 fully saturated rings. The van der Waals surface area contributed by atoms with Gasteiger partial charge in [0, 0.05) is 12.1 Å². The fourth-order valence-corrected chi connectivity index (χ4v) is 3.09. The fourth-order valence-electron chi connectivity index (χ4n) is 3.09. The summed E-state index contributed by atoms with van der Waals surface area (Å²) < 4.78 is 0. The lowest BCUT2D eigenvalue weighted by molar-refractivity contribution is -0.142. The first-order valence-electron chi connectivity index (χ1n) is 11.3. The predicted octanol–water partition coefficient (Wildman–Crippen LogP) is 3.06. The molecule has 176 valence electrons. The van der Waals surface area contributed by atoms with Crippen LogP contribution in [0, 0.1) is 0 Å². The van der Waals surface area contributed by atoms with Crippen LogP contribution in [0.5, 0.6) is 0 Å². The van der Waals surface area contributed by atoms with E-state index in [1.807, 2.05) is 18.2 Å². The zero-order chi connectivity index (χ0) is 23.6. The van der Waals surface area contributed by atoms with E-state index >= 15 is 0 Å². The van der Waals surface area contributed by atoms with Crippen LogP contribution >= 0.6 is 0 Å². The molecule has 1 atom stereocenters. The third kappa shape index (κ3) is 12.7. The molecule has 0 aliphatic heterocycles. The van der Waals surface area contributed by atoms with Crippen molar-refractivity contribution in [1.82, 2.24) is 5.32 Å². The highest BCUT2D eigenvalue weighted by Crippen LogP contribution is 2.11. The van der Waals surface area contributed by atoms with E-state index < -0.39 is 12.0 Å². The number of unbranched alkanes of at least 4 members (excludes halogenated alkanes) is 3. The molecule has 8 N–H and O–H groups in total. The van der Waals surface area contributed by atoms with Gasteiger partial charge in [-0.05, 0) is 74.9 Å². The summed E-state index contributed by atoms with van der Waals surface area (Å²) in [5, 5.41) is 11.5. The van der Waals surface area contributed by atoms with Gasteiger partial charge in [-0.25, -0.2) is 4.79 Å². The maximum Gasteiger partial charge on any atom is 0.326 e. The number of anilines is 1. The number of carbonyl (C=O) groups excluding carboxylic acids is 1. The van der Waals surface area contributed by atoms with Crippen molar-refractivity contribution in [3.63, 3.8) is 0 Å². The number of carboxylic acid groups (broad SMARTS) is 1. The topological polar surface area (TPSA) is 144 Å². The minimum absolute atomic E-state index is 0.202. The zero-order valence-corrected chi connectivity index (χ0v) is 18.8. The SMILES string of the molecule is NCCCCCC(=O)N[C@@H](CCCCN)C(=O)O.Nc1ccc(Cc2ccccc2)cc1. The number of carbonyl (C=O) groups is 2. The lowest BCUT2D eigenvalue weighted by Crippen LogP contribution is -2.40. The van der Waals surface area contributed by atoms with Crippen molar-refractivity contribution in [2.75, 3.05) is 18.8 Å². The molecule has 32 heavy (non-hydrogen) atoms. The molecule has 0 unspecified atom stereocenters. The predicted molar refractivity (Wildman–Crippen MR) is 130 cm³/mol. The minimum Gasteiger partial charge on any atom is -0.480 e. The third-order valence-electron chi connectivity index (χ3n) is 4.92. The molecule has 0 aliphatic rings. The van der Waals surface area contributed by atoms with E-state index in [2.05, 4.69) is 41.7 Å². The van der Waals surface area contributed by atoms with Crippen LogP contribution in [0.15, 0.2) is 54.6 Å². The van der Waals surface area contributed by atoms with E-state index in [0.717, 1.165) is 37.8 Å². The van der Waals surface area contributed by atoms with Crippen LogP contribution in [0.3, 0.4) is 0 Å². The van der Waals surface area contributed by atoms with Gasteiger partial charge in [-0.15, -0.1) is 0 Å². The van der Waals surface area contributed by atoms with Gasteiger partial charge < -0.3 is 27.6 Å². The number of nitrogens with one attached hydrogen (secondary N) is 1. The van der Waals surface area contributed by atoms with Gasteiger partial charge in [0.15, 0.2) is 0 Å². The summed E-state index contributed by atoms with van der Waals surface area (Å²) in [7, 11) is 0. The number of nitrogens with two attached hydrogens (primary N) is 3. The van der Waals surface area contributed by atoms with Crippen molar-refractivity contribution in [3.05, 3.63) is 65.7 Å². The molecule has 0 radical (unpaired) electrons. The van der Waals surface area contributed by atoms with E-state index in [-0.39, 0.29) is 5.91 Å². The Hall–Kier alpha value is -2.90. The summed E-state index contributed by atoms with van der Waals surface area (Å²) >= 11 is 0. The lowest BCUT2D eigenvalue weighted by Gasteiger charge is -2.14. The Labute approximate surface area is 191 Å². The van der Waals surface area contributed by atoms with Crippen LogP contribution in [-0.2, 0) is 16.0 Å². The highest BCUT2D eigenvalue weighted by molar-refractivity contribution is 5.83. The Morgan fingerprint density at radius 3 is 2.00 bits per heavy atom. The standard InChI is InChI=1S/C13H13N.C12H25N3O3/c14-13-8-6-12(7-9-13)10-11-4-2-1-3-5-11;13-8-4-1-2-7-11(16)15-10(12(17)18)6-3-5-9-14/h1-9H,10,14H2;10H,1-9,13-14H2,(H,15,16)(H,17,18)/t;10-/m.0/s1. The van der Waals surface area contributed by atoms with E-state index in [1.165, 1.54) is 11.1 Å². The molecule has 0 saturated carbocycles. The van der Waals surface area contributed by atoms with E-state index in [1.54, 1.807) is 0 Å². The van der Waals surface area contributed by atoms with Crippen LogP contribution in [-0.4, -0.2) is 36.1 Å². The Bertz CT molecular complexity index is 767. The van der Waals surface area contributed by atoms with Crippen molar-refractivity contribution in [2.45, 2.75) is 57.4 Å². The van der Waals surface area contributed by atoms with Crippen molar-refractivity contribution in [2.24, 2.45) is 11.5 Å². The van der Waals surface area contributed by atoms with Gasteiger partial charge in [0.05, 0.1) is 0 Å². The van der Waals surface area contributed by atoms with E-state index in [9.17, 15) is 9.59 Å². The molecule has 7 nitrogen and oxygen atoms in total. The summed E-state index contributed by atoms with van der Waals surface area (Å²) in [6, 6.07) is 17.7. The molecular formula is C25H38N4O3. The second-order valence-corrected chi connectivity index (χ2v) is 7.75. The van der Waals surface area contributed by atoms with Gasteiger partial charge in [0.1, 0.15) is 6.04 Å². The number of amides is 1. The average molecular weight is 443 g/mol. The van der Waals surface area contributed by atoms with Gasteiger partial charge in [-0.3, -0.25) is 4.79 Å². The molecule has 2 rings (SSSR count). The summed E-state index contributed by atoms with van der Waals surface area (Å²) in [5.74, 6) is -1.19. The molecule has 0 spiro atoms. The lowest BCUT2D eigenvalue weighted by atomic mass is 10.1. The third-order valence-corrected chi connectivity index (χ3v) is 4.92. The quantitative estimate of drug-likeness (QED) is 0.238. The second kappa shape index (κ2) is 16.8. The first-order chi connectivity index (χ1) is 15.5. The molecule has 0 heterocycles. The highest BCUT2D eigenvalue weighted by atomic mass is 16.4. The maximum absolute atomic E-state index is 11.5. The average Bonchev–Trinajstić information content (AvgIpc) is 2.79. The van der Waals surface area contributed by atoms with Crippen molar-refractivity contribution >= 4 is 17.6 Å². The van der Waals surface area contributed by atoms with Gasteiger partial charge in [0.25, 0.3) is 0 Å². The fraction of sp³-hybridized carbons (Fsp3) is 0.440. The Morgan fingerprint density at radius 2 is 1.41 bits per heavy atom. The number of hydrogen-bond acceptors (Lipinski definition) is 5. The summed E-state index contributed by atoms with van der Waals surface area (Å²) in [5.41, 5.74) is 19.8. The van der Waals surface area contributed by atoms with Gasteiger partial charge in [0.2, 0.25) is 5.91 Å². The van der Waals surface area contributed by atoms with Crippen LogP contribution in [0.1, 0.15) is 56.1 Å². The van der Waals surface area contributed by atoms with Crippen LogP contribution < -0.4 is 22.5 Å². The van der Waals surface area contributed by atoms with Crippen LogP contribution in [0.25, 0.3) is 0 Å². The first-order valence-corrected chi connectivity index (χ1v) is 11.3. The van der Waals surface area contributed by atoms with E-state index in [4.69, 9.17) is 22.3 Å². The Balaban J connectivity index is 0.000000328. The molecule has 0 aromatic heterocycles. The van der Waals surface area contributed by atoms with Crippen molar-refractivity contribution in [1.29, 1.82) is 0 Å². The van der Waals surface area contributed by atoms with Gasteiger partial charge in [-0.1, -0.05) is 48.9 Å². The molecule has 0 aliphatic carbocycles. The van der Waals surface area contributed by atoms with Gasteiger partial charge in [-0.2, -0.15) is 0 Å². The minimum atomic E-state index is -0.984. The zero-order valence-electron chi connectivity index (χ0n) is 18.8. The monoisotopic (exact) mass is 442 g/mol. The molecule has 7 heteroatoms. The number of hydrogen-bond donors (Lipinski definition) is 5. The van der Waals surface area contributed by atoms with E-state index in [0.29, 0.717) is 32.4 Å². The number of carboxylic acids is 1. The number of nitrogen functional groups attached to an aromatic ring is 1. The Kier molecular flexibility index (Phi) is 14.2. The second-order valence-electron chi connectivity index (χ2n) is 7.75. The van der Waals surface area contributed by atoms with Crippen LogP contribution in [0.4, 0.5) is 5.69 Å². The molecule has 2 aromatic rings. The highest BCUT2D eigenvalue weighted by Gasteiger charge is 2.18. The number of rotatable bonds is 13. The number of benzene rings is 2. The normalized spacial score (nSPS) is 11.2. The summed E-state index contributed by atoms with van der Waals surface area (Å²) in [6.45, 7) is 1.16. The molecule has 0 bridgehead atoms. The summed E-state index contributed by atoms with van der Waals surface area (Å²) in [4.78, 5) is 22.5. The molecule has 0 saturated heterocycles. The Morgan fingerprint density at radius 1 is 0.812 bits per heavy atom. The number of aliphatic carboxylic acids is 1. The molecular weight excluding hydrogens is 404 g/mol. The summed E-state index contributed by atoms with van der Waals surface area (Å²) in [6.07, 6.45) is 5.79. The largest absolute Gasteiger partial charge is 0.480 e. The molecule has 1 amide bonds. The van der Waals surface area contributed by atoms with Crippen LogP contribution in [0.2, 0.25) is 0 Å². The van der Waals surface area contributed by atoms with Crippen molar-refractivity contribution < 1.29 is 14.7 Å². The van der Waals surface area contributed by atoms with Gasteiger partial charge >= 0.3 is 5.97 Å². The first kappa shape index (κ1) is 27.1.